The van der Waals surface area contributed by atoms with E-state index in [1.54, 1.807) is 17.5 Å². The molecule has 0 aliphatic carbocycles. The topological polar surface area (TPSA) is 67.1 Å². The lowest BCUT2D eigenvalue weighted by molar-refractivity contribution is 0.799. The molecule has 0 aliphatic rings. The fraction of sp³-hybridized carbons (Fsp3) is 0.350. The summed E-state index contributed by atoms with van der Waals surface area (Å²) in [6.45, 7) is 8.48. The van der Waals surface area contributed by atoms with Gasteiger partial charge in [-0.1, -0.05) is 12.1 Å². The molecule has 3 rings (SSSR count). The Hall–Kier alpha value is -1.94. The molecule has 2 aromatic heterocycles. The number of guanidine groups is 1. The summed E-state index contributed by atoms with van der Waals surface area (Å²) in [6, 6.07) is 10.4. The first kappa shape index (κ1) is 22.4. The van der Waals surface area contributed by atoms with Crippen molar-refractivity contribution in [3.8, 4) is 5.69 Å². The molecule has 0 amide bonds. The van der Waals surface area contributed by atoms with Crippen LogP contribution in [0.1, 0.15) is 28.1 Å². The summed E-state index contributed by atoms with van der Waals surface area (Å²) in [5.41, 5.74) is 3.43. The van der Waals surface area contributed by atoms with Crippen LogP contribution in [0.25, 0.3) is 5.69 Å². The van der Waals surface area contributed by atoms with E-state index in [-0.39, 0.29) is 24.0 Å². The van der Waals surface area contributed by atoms with E-state index < -0.39 is 0 Å². The summed E-state index contributed by atoms with van der Waals surface area (Å²) in [7, 11) is 0. The molecule has 0 unspecified atom stereocenters. The third kappa shape index (κ3) is 6.30. The van der Waals surface area contributed by atoms with Gasteiger partial charge in [-0.25, -0.2) is 14.7 Å². The molecule has 3 aromatic rings. The number of aryl methyl sites for hydroxylation is 2. The van der Waals surface area contributed by atoms with Crippen molar-refractivity contribution in [3.05, 3.63) is 63.9 Å². The third-order valence-electron chi connectivity index (χ3n) is 4.14. The quantitative estimate of drug-likeness (QED) is 0.288. The lowest BCUT2D eigenvalue weighted by Gasteiger charge is -2.11. The fourth-order valence-corrected chi connectivity index (χ4v) is 3.64. The van der Waals surface area contributed by atoms with E-state index in [2.05, 4.69) is 51.9 Å². The molecule has 150 valence electrons. The molecule has 1 aromatic carbocycles. The van der Waals surface area contributed by atoms with Crippen molar-refractivity contribution in [2.45, 2.75) is 33.7 Å². The molecule has 2 N–H and O–H groups in total. The summed E-state index contributed by atoms with van der Waals surface area (Å²) < 4.78 is 1.86. The van der Waals surface area contributed by atoms with Crippen LogP contribution in [0.5, 0.6) is 0 Å². The van der Waals surface area contributed by atoms with E-state index in [1.807, 2.05) is 30.8 Å². The van der Waals surface area contributed by atoms with Gasteiger partial charge in [-0.05, 0) is 51.0 Å². The van der Waals surface area contributed by atoms with Crippen LogP contribution >= 0.6 is 35.3 Å². The van der Waals surface area contributed by atoms with E-state index in [4.69, 9.17) is 4.99 Å². The van der Waals surface area contributed by atoms with Gasteiger partial charge < -0.3 is 10.6 Å². The minimum absolute atomic E-state index is 0. The molecule has 2 heterocycles. The largest absolute Gasteiger partial charge is 0.357 e. The van der Waals surface area contributed by atoms with E-state index in [9.17, 15) is 0 Å². The van der Waals surface area contributed by atoms with Gasteiger partial charge in [0.1, 0.15) is 0 Å². The Labute approximate surface area is 187 Å². The second-order valence-corrected chi connectivity index (χ2v) is 7.52. The van der Waals surface area contributed by atoms with E-state index >= 15 is 0 Å². The van der Waals surface area contributed by atoms with Crippen LogP contribution < -0.4 is 10.6 Å². The Morgan fingerprint density at radius 2 is 1.96 bits per heavy atom. The highest BCUT2D eigenvalue weighted by atomic mass is 127. The van der Waals surface area contributed by atoms with Crippen molar-refractivity contribution in [1.29, 1.82) is 0 Å². The van der Waals surface area contributed by atoms with E-state index in [1.165, 1.54) is 10.4 Å². The van der Waals surface area contributed by atoms with Gasteiger partial charge in [0.25, 0.3) is 0 Å². The van der Waals surface area contributed by atoms with E-state index in [0.29, 0.717) is 6.54 Å². The molecule has 0 radical (unpaired) electrons. The molecule has 0 saturated carbocycles. The molecular weight excluding hydrogens is 483 g/mol. The first-order chi connectivity index (χ1) is 13.2. The summed E-state index contributed by atoms with van der Waals surface area (Å²) >= 11 is 1.71. The standard InChI is InChI=1S/C20H26N6S.HI/c1-4-21-20(23-14-19-15(2)25-16(3)27-19)22-12-10-17-6-8-18(9-7-17)26-13-5-11-24-26;/h5-9,11,13H,4,10,12,14H2,1-3H3,(H2,21,22,23);1H. The van der Waals surface area contributed by atoms with Crippen LogP contribution in [0.2, 0.25) is 0 Å². The molecule has 8 heteroatoms. The van der Waals surface area contributed by atoms with Gasteiger partial charge in [0, 0.05) is 30.4 Å². The summed E-state index contributed by atoms with van der Waals surface area (Å²) in [5.74, 6) is 0.844. The summed E-state index contributed by atoms with van der Waals surface area (Å²) in [6.07, 6.45) is 4.67. The Balaban J connectivity index is 0.00000280. The number of rotatable bonds is 7. The second kappa shape index (κ2) is 11.2. The zero-order valence-electron chi connectivity index (χ0n) is 16.5. The number of thiazole rings is 1. The number of aromatic nitrogens is 3. The maximum absolute atomic E-state index is 4.69. The predicted octanol–water partition coefficient (Wildman–Crippen LogP) is 3.86. The zero-order chi connectivity index (χ0) is 19.1. The Morgan fingerprint density at radius 3 is 2.57 bits per heavy atom. The molecule has 6 nitrogen and oxygen atoms in total. The number of hydrogen-bond acceptors (Lipinski definition) is 4. The Bertz CT molecular complexity index is 871. The minimum Gasteiger partial charge on any atom is -0.357 e. The van der Waals surface area contributed by atoms with Gasteiger partial charge in [-0.15, -0.1) is 35.3 Å². The van der Waals surface area contributed by atoms with Crippen LogP contribution in [0.15, 0.2) is 47.7 Å². The molecular formula is C20H27IN6S. The van der Waals surface area contributed by atoms with Crippen molar-refractivity contribution >= 4 is 41.3 Å². The van der Waals surface area contributed by atoms with Crippen molar-refractivity contribution < 1.29 is 0 Å². The SMILES string of the molecule is CCNC(=NCc1sc(C)nc1C)NCCc1ccc(-n2cccn2)cc1.I. The third-order valence-corrected chi connectivity index (χ3v) is 5.19. The smallest absolute Gasteiger partial charge is 0.191 e. The molecule has 28 heavy (non-hydrogen) atoms. The van der Waals surface area contributed by atoms with Gasteiger partial charge in [-0.3, -0.25) is 0 Å². The summed E-state index contributed by atoms with van der Waals surface area (Å²) in [4.78, 5) is 10.4. The van der Waals surface area contributed by atoms with Crippen LogP contribution in [0.4, 0.5) is 0 Å². The first-order valence-corrected chi connectivity index (χ1v) is 10.0. The second-order valence-electron chi connectivity index (χ2n) is 6.23. The van der Waals surface area contributed by atoms with Crippen molar-refractivity contribution in [1.82, 2.24) is 25.4 Å². The zero-order valence-corrected chi connectivity index (χ0v) is 19.6. The maximum atomic E-state index is 4.69. The number of nitrogens with one attached hydrogen (secondary N) is 2. The van der Waals surface area contributed by atoms with Gasteiger partial charge in [0.05, 0.1) is 22.9 Å². The number of hydrogen-bond donors (Lipinski definition) is 2. The molecule has 0 fully saturated rings. The first-order valence-electron chi connectivity index (χ1n) is 9.19. The number of aliphatic imine (C=N–C) groups is 1. The normalized spacial score (nSPS) is 11.2. The lowest BCUT2D eigenvalue weighted by atomic mass is 10.1. The van der Waals surface area contributed by atoms with Gasteiger partial charge in [0.2, 0.25) is 0 Å². The molecule has 0 atom stereocenters. The van der Waals surface area contributed by atoms with Crippen molar-refractivity contribution in [3.63, 3.8) is 0 Å². The highest BCUT2D eigenvalue weighted by Crippen LogP contribution is 2.17. The van der Waals surface area contributed by atoms with Crippen LogP contribution in [0, 0.1) is 13.8 Å². The highest BCUT2D eigenvalue weighted by molar-refractivity contribution is 14.0. The van der Waals surface area contributed by atoms with Gasteiger partial charge >= 0.3 is 0 Å². The van der Waals surface area contributed by atoms with E-state index in [0.717, 1.165) is 41.9 Å². The Kier molecular flexibility index (Phi) is 8.91. The highest BCUT2D eigenvalue weighted by Gasteiger charge is 2.05. The van der Waals surface area contributed by atoms with Crippen molar-refractivity contribution in [2.24, 2.45) is 4.99 Å². The van der Waals surface area contributed by atoms with Crippen LogP contribution in [-0.2, 0) is 13.0 Å². The average molecular weight is 510 g/mol. The minimum atomic E-state index is 0. The molecule has 0 aliphatic heterocycles. The number of nitrogens with zero attached hydrogens (tertiary/aromatic N) is 4. The Morgan fingerprint density at radius 1 is 1.18 bits per heavy atom. The monoisotopic (exact) mass is 510 g/mol. The molecule has 0 bridgehead atoms. The average Bonchev–Trinajstić information content (AvgIpc) is 3.30. The predicted molar refractivity (Wildman–Crippen MR) is 127 cm³/mol. The van der Waals surface area contributed by atoms with Gasteiger partial charge in [0.15, 0.2) is 5.96 Å². The fourth-order valence-electron chi connectivity index (χ4n) is 2.77. The van der Waals surface area contributed by atoms with Gasteiger partial charge in [-0.2, -0.15) is 5.10 Å². The van der Waals surface area contributed by atoms with Crippen molar-refractivity contribution in [2.75, 3.05) is 13.1 Å². The lowest BCUT2D eigenvalue weighted by Crippen LogP contribution is -2.38. The molecule has 0 saturated heterocycles. The van der Waals surface area contributed by atoms with Crippen LogP contribution in [-0.4, -0.2) is 33.8 Å². The number of benzene rings is 1. The maximum Gasteiger partial charge on any atom is 0.191 e. The number of halogens is 1. The van der Waals surface area contributed by atoms with Crippen LogP contribution in [0.3, 0.4) is 0 Å². The summed E-state index contributed by atoms with van der Waals surface area (Å²) in [5, 5.41) is 12.1. The molecule has 0 spiro atoms.